The van der Waals surface area contributed by atoms with Gasteiger partial charge in [-0.25, -0.2) is 0 Å². The molecule has 1 atom stereocenters. The lowest BCUT2D eigenvalue weighted by atomic mass is 10.0. The van der Waals surface area contributed by atoms with Gasteiger partial charge in [0.1, 0.15) is 5.76 Å². The summed E-state index contributed by atoms with van der Waals surface area (Å²) in [6.45, 7) is 4.67. The molecule has 1 saturated heterocycles. The number of hydrogen-bond donors (Lipinski definition) is 2. The van der Waals surface area contributed by atoms with E-state index in [-0.39, 0.29) is 11.9 Å². The van der Waals surface area contributed by atoms with Gasteiger partial charge < -0.3 is 19.7 Å². The van der Waals surface area contributed by atoms with Crippen molar-refractivity contribution in [3.05, 3.63) is 42.1 Å². The second-order valence-electron chi connectivity index (χ2n) is 6.34. The molecule has 2 aromatic rings. The number of β-amino-alcohol motifs (C(OH)–C–C–N with tert-alkyl or cyclic N) is 1. The van der Waals surface area contributed by atoms with E-state index in [4.69, 9.17) is 4.42 Å². The van der Waals surface area contributed by atoms with Gasteiger partial charge in [0.2, 0.25) is 0 Å². The molecule has 7 nitrogen and oxygen atoms in total. The summed E-state index contributed by atoms with van der Waals surface area (Å²) in [6.07, 6.45) is 4.87. The first-order valence-electron chi connectivity index (χ1n) is 8.35. The van der Waals surface area contributed by atoms with E-state index in [2.05, 4.69) is 15.3 Å². The molecule has 0 saturated carbocycles. The first-order chi connectivity index (χ1) is 11.6. The van der Waals surface area contributed by atoms with Crippen molar-refractivity contribution in [1.82, 2.24) is 20.0 Å². The summed E-state index contributed by atoms with van der Waals surface area (Å²) in [5.41, 5.74) is 0. The van der Waals surface area contributed by atoms with E-state index < -0.39 is 6.10 Å². The van der Waals surface area contributed by atoms with Gasteiger partial charge in [0, 0.05) is 38.1 Å². The zero-order valence-electron chi connectivity index (χ0n) is 13.9. The number of rotatable bonds is 6. The maximum atomic E-state index is 12.1. The average molecular weight is 332 g/mol. The Bertz CT molecular complexity index is 645. The number of nitrogens with zero attached hydrogens (tertiary/aromatic N) is 3. The minimum atomic E-state index is -0.442. The number of aromatic nitrogens is 2. The van der Waals surface area contributed by atoms with Gasteiger partial charge in [-0.05, 0) is 38.0 Å². The highest BCUT2D eigenvalue weighted by Gasteiger charge is 2.23. The molecule has 24 heavy (non-hydrogen) atoms. The van der Waals surface area contributed by atoms with Gasteiger partial charge in [0.05, 0.1) is 12.6 Å². The lowest BCUT2D eigenvalue weighted by Gasteiger charge is -2.33. The lowest BCUT2D eigenvalue weighted by molar-refractivity contribution is 0.0741. The molecule has 0 spiro atoms. The van der Waals surface area contributed by atoms with Crippen molar-refractivity contribution in [1.29, 1.82) is 0 Å². The zero-order chi connectivity index (χ0) is 16.9. The Balaban J connectivity index is 1.40. The van der Waals surface area contributed by atoms with Crippen LogP contribution in [0.25, 0.3) is 0 Å². The molecule has 0 aliphatic carbocycles. The monoisotopic (exact) mass is 332 g/mol. The predicted molar refractivity (Wildman–Crippen MR) is 88.6 cm³/mol. The number of piperidine rings is 1. The van der Waals surface area contributed by atoms with Crippen molar-refractivity contribution in [2.75, 3.05) is 19.6 Å². The summed E-state index contributed by atoms with van der Waals surface area (Å²) < 4.78 is 7.09. The zero-order valence-corrected chi connectivity index (χ0v) is 13.9. The number of nitrogens with one attached hydrogen (secondary N) is 1. The standard InChI is InChI=1S/C17H24N4O3/c1-13-3-4-16(24-13)17(23)19-14-5-9-20(10-6-14)11-15(22)12-21-8-2-7-18-21/h2-4,7-8,14-15,22H,5-6,9-12H2,1H3,(H,19,23)/t15-/m1/s1. The Morgan fingerprint density at radius 3 is 2.83 bits per heavy atom. The summed E-state index contributed by atoms with van der Waals surface area (Å²) in [5.74, 6) is 0.950. The number of hydrogen-bond acceptors (Lipinski definition) is 5. The summed E-state index contributed by atoms with van der Waals surface area (Å²) in [5, 5.41) is 17.3. The molecule has 3 heterocycles. The topological polar surface area (TPSA) is 83.5 Å². The average Bonchev–Trinajstić information content (AvgIpc) is 3.21. The third kappa shape index (κ3) is 4.46. The van der Waals surface area contributed by atoms with E-state index in [1.807, 2.05) is 19.2 Å². The van der Waals surface area contributed by atoms with Gasteiger partial charge in [0.25, 0.3) is 5.91 Å². The SMILES string of the molecule is Cc1ccc(C(=O)NC2CCN(C[C@@H](O)Cn3cccn3)CC2)o1. The Morgan fingerprint density at radius 2 is 2.21 bits per heavy atom. The van der Waals surface area contributed by atoms with Crippen LogP contribution in [0, 0.1) is 6.92 Å². The normalized spacial score (nSPS) is 17.8. The Kier molecular flexibility index (Phi) is 5.32. The van der Waals surface area contributed by atoms with Gasteiger partial charge in [-0.3, -0.25) is 9.48 Å². The molecule has 0 radical (unpaired) electrons. The number of likely N-dealkylation sites (tertiary alicyclic amines) is 1. The van der Waals surface area contributed by atoms with Crippen LogP contribution in [0.2, 0.25) is 0 Å². The largest absolute Gasteiger partial charge is 0.456 e. The molecular formula is C17H24N4O3. The summed E-state index contributed by atoms with van der Waals surface area (Å²) >= 11 is 0. The third-order valence-corrected chi connectivity index (χ3v) is 4.31. The van der Waals surface area contributed by atoms with Crippen molar-refractivity contribution < 1.29 is 14.3 Å². The van der Waals surface area contributed by atoms with Gasteiger partial charge in [0.15, 0.2) is 5.76 Å². The molecule has 1 amide bonds. The Morgan fingerprint density at radius 1 is 1.42 bits per heavy atom. The van der Waals surface area contributed by atoms with Crippen molar-refractivity contribution in [3.63, 3.8) is 0 Å². The summed E-state index contributed by atoms with van der Waals surface area (Å²) in [6, 6.07) is 5.49. The van der Waals surface area contributed by atoms with Crippen LogP contribution in [0.4, 0.5) is 0 Å². The van der Waals surface area contributed by atoms with Gasteiger partial charge in [-0.2, -0.15) is 5.10 Å². The van der Waals surface area contributed by atoms with Crippen LogP contribution in [0.3, 0.4) is 0 Å². The lowest BCUT2D eigenvalue weighted by Crippen LogP contribution is -2.46. The number of amides is 1. The number of carbonyl (C=O) groups is 1. The van der Waals surface area contributed by atoms with Crippen molar-refractivity contribution in [2.24, 2.45) is 0 Å². The van der Waals surface area contributed by atoms with Gasteiger partial charge in [-0.15, -0.1) is 0 Å². The number of aliphatic hydroxyl groups excluding tert-OH is 1. The molecule has 0 aromatic carbocycles. The molecule has 1 fully saturated rings. The smallest absolute Gasteiger partial charge is 0.287 e. The fraction of sp³-hybridized carbons (Fsp3) is 0.529. The predicted octanol–water partition coefficient (Wildman–Crippen LogP) is 1.04. The molecule has 3 rings (SSSR count). The van der Waals surface area contributed by atoms with Gasteiger partial charge in [-0.1, -0.05) is 0 Å². The van der Waals surface area contributed by atoms with Crippen LogP contribution in [-0.2, 0) is 6.54 Å². The molecular weight excluding hydrogens is 308 g/mol. The highest BCUT2D eigenvalue weighted by Crippen LogP contribution is 2.13. The maximum Gasteiger partial charge on any atom is 0.287 e. The van der Waals surface area contributed by atoms with E-state index in [0.717, 1.165) is 31.7 Å². The first kappa shape index (κ1) is 16.7. The summed E-state index contributed by atoms with van der Waals surface area (Å²) in [4.78, 5) is 14.3. The van der Waals surface area contributed by atoms with Crippen LogP contribution in [0.15, 0.2) is 35.0 Å². The van der Waals surface area contributed by atoms with E-state index in [1.54, 1.807) is 23.0 Å². The molecule has 2 N–H and O–H groups in total. The molecule has 130 valence electrons. The highest BCUT2D eigenvalue weighted by molar-refractivity contribution is 5.91. The van der Waals surface area contributed by atoms with Crippen LogP contribution in [0.1, 0.15) is 29.2 Å². The van der Waals surface area contributed by atoms with E-state index in [9.17, 15) is 9.90 Å². The fourth-order valence-corrected chi connectivity index (χ4v) is 3.05. The summed E-state index contributed by atoms with van der Waals surface area (Å²) in [7, 11) is 0. The van der Waals surface area contributed by atoms with Crippen LogP contribution in [-0.4, -0.2) is 57.5 Å². The second-order valence-corrected chi connectivity index (χ2v) is 6.34. The molecule has 1 aliphatic rings. The van der Waals surface area contributed by atoms with Crippen molar-refractivity contribution >= 4 is 5.91 Å². The minimum Gasteiger partial charge on any atom is -0.456 e. The molecule has 7 heteroatoms. The number of aliphatic hydroxyl groups is 1. The number of aryl methyl sites for hydroxylation is 1. The molecule has 0 bridgehead atoms. The number of carbonyl (C=O) groups excluding carboxylic acids is 1. The number of furan rings is 1. The van der Waals surface area contributed by atoms with Crippen molar-refractivity contribution in [2.45, 2.75) is 38.5 Å². The quantitative estimate of drug-likeness (QED) is 0.826. The second kappa shape index (κ2) is 7.63. The van der Waals surface area contributed by atoms with Crippen LogP contribution in [0.5, 0.6) is 0 Å². The van der Waals surface area contributed by atoms with Gasteiger partial charge >= 0.3 is 0 Å². The van der Waals surface area contributed by atoms with E-state index in [1.165, 1.54) is 0 Å². The molecule has 0 unspecified atom stereocenters. The third-order valence-electron chi connectivity index (χ3n) is 4.31. The van der Waals surface area contributed by atoms with Crippen molar-refractivity contribution in [3.8, 4) is 0 Å². The first-order valence-corrected chi connectivity index (χ1v) is 8.35. The fourth-order valence-electron chi connectivity index (χ4n) is 3.05. The highest BCUT2D eigenvalue weighted by atomic mass is 16.3. The van der Waals surface area contributed by atoms with Crippen LogP contribution < -0.4 is 5.32 Å². The van der Waals surface area contributed by atoms with E-state index in [0.29, 0.717) is 18.8 Å². The van der Waals surface area contributed by atoms with E-state index >= 15 is 0 Å². The Hall–Kier alpha value is -2.12. The van der Waals surface area contributed by atoms with Crippen LogP contribution >= 0.6 is 0 Å². The minimum absolute atomic E-state index is 0.153. The molecule has 2 aromatic heterocycles. The Labute approximate surface area is 141 Å². The molecule has 1 aliphatic heterocycles. The maximum absolute atomic E-state index is 12.1.